The summed E-state index contributed by atoms with van der Waals surface area (Å²) in [5.41, 5.74) is -1.11. The lowest BCUT2D eigenvalue weighted by Gasteiger charge is -2.29. The molecule has 134 valence electrons. The number of carboxylic acid groups (broad SMARTS) is 2. The van der Waals surface area contributed by atoms with Crippen LogP contribution in [-0.2, 0) is 19.2 Å². The second-order valence-corrected chi connectivity index (χ2v) is 5.88. The number of aliphatic carboxylic acids is 2. The van der Waals surface area contributed by atoms with Crippen LogP contribution in [0.5, 0.6) is 0 Å². The minimum Gasteiger partial charge on any atom is -0.481 e. The van der Waals surface area contributed by atoms with E-state index in [1.54, 1.807) is 0 Å². The third-order valence-electron chi connectivity index (χ3n) is 4.11. The first-order chi connectivity index (χ1) is 11.3. The van der Waals surface area contributed by atoms with Gasteiger partial charge in [-0.1, -0.05) is 13.2 Å². The van der Waals surface area contributed by atoms with Crippen LogP contribution in [0.1, 0.15) is 57.8 Å². The highest BCUT2D eigenvalue weighted by molar-refractivity contribution is 5.89. The maximum atomic E-state index is 11.8. The second-order valence-electron chi connectivity index (χ2n) is 5.88. The van der Waals surface area contributed by atoms with Crippen LogP contribution in [0.2, 0.25) is 0 Å². The first-order valence-corrected chi connectivity index (χ1v) is 8.03. The summed E-state index contributed by atoms with van der Waals surface area (Å²) < 4.78 is 0. The first kappa shape index (κ1) is 21.8. The standard InChI is InChI=1S/C18H26O6/c1-3-14(19)8-5-11-18(17(23)24,13-7-10-16(21)22)12-6-9-15(20)4-2/h3-4H,1-2,5-13H2,(H,21,22)(H,23,24). The minimum absolute atomic E-state index is 0.105. The van der Waals surface area contributed by atoms with E-state index in [4.69, 9.17) is 5.11 Å². The van der Waals surface area contributed by atoms with Crippen LogP contribution in [0.4, 0.5) is 0 Å². The van der Waals surface area contributed by atoms with Crippen LogP contribution >= 0.6 is 0 Å². The predicted molar refractivity (Wildman–Crippen MR) is 89.7 cm³/mol. The van der Waals surface area contributed by atoms with Gasteiger partial charge in [-0.15, -0.1) is 0 Å². The number of hydrogen-bond donors (Lipinski definition) is 2. The summed E-state index contributed by atoms with van der Waals surface area (Å²) in [6.07, 6.45) is 4.49. The van der Waals surface area contributed by atoms with E-state index < -0.39 is 17.4 Å². The van der Waals surface area contributed by atoms with Crippen molar-refractivity contribution in [1.29, 1.82) is 0 Å². The van der Waals surface area contributed by atoms with Crippen molar-refractivity contribution in [2.24, 2.45) is 5.41 Å². The molecule has 0 bridgehead atoms. The fraction of sp³-hybridized carbons (Fsp3) is 0.556. The van der Waals surface area contributed by atoms with E-state index in [2.05, 4.69) is 13.2 Å². The van der Waals surface area contributed by atoms with Gasteiger partial charge in [0.25, 0.3) is 0 Å². The molecule has 0 aliphatic heterocycles. The van der Waals surface area contributed by atoms with Crippen LogP contribution in [0.25, 0.3) is 0 Å². The number of rotatable bonds is 15. The van der Waals surface area contributed by atoms with Gasteiger partial charge in [0.15, 0.2) is 11.6 Å². The molecule has 2 N–H and O–H groups in total. The minimum atomic E-state index is -1.11. The molecule has 0 heterocycles. The van der Waals surface area contributed by atoms with Crippen LogP contribution in [0.3, 0.4) is 0 Å². The molecule has 0 aliphatic carbocycles. The quantitative estimate of drug-likeness (QED) is 0.444. The van der Waals surface area contributed by atoms with E-state index in [1.807, 2.05) is 0 Å². The van der Waals surface area contributed by atoms with E-state index in [0.717, 1.165) is 0 Å². The molecule has 0 fully saturated rings. The zero-order valence-electron chi connectivity index (χ0n) is 14.0. The van der Waals surface area contributed by atoms with E-state index in [0.29, 0.717) is 12.8 Å². The summed E-state index contributed by atoms with van der Waals surface area (Å²) in [5.74, 6) is -2.29. The molecule has 0 spiro atoms. The number of carboxylic acids is 2. The molecule has 0 saturated heterocycles. The van der Waals surface area contributed by atoms with Crippen molar-refractivity contribution in [3.63, 3.8) is 0 Å². The van der Waals surface area contributed by atoms with Crippen molar-refractivity contribution < 1.29 is 29.4 Å². The normalized spacial score (nSPS) is 10.8. The number of allylic oxidation sites excluding steroid dienone is 2. The molecule has 0 rings (SSSR count). The Balaban J connectivity index is 4.93. The van der Waals surface area contributed by atoms with Gasteiger partial charge in [0.05, 0.1) is 5.41 Å². The van der Waals surface area contributed by atoms with Crippen LogP contribution in [0.15, 0.2) is 25.3 Å². The van der Waals surface area contributed by atoms with Crippen molar-refractivity contribution >= 4 is 23.5 Å². The molecular formula is C18H26O6. The van der Waals surface area contributed by atoms with Gasteiger partial charge >= 0.3 is 11.9 Å². The highest BCUT2D eigenvalue weighted by atomic mass is 16.4. The summed E-state index contributed by atoms with van der Waals surface area (Å²) in [6.45, 7) is 6.76. The molecule has 6 heteroatoms. The van der Waals surface area contributed by atoms with Crippen LogP contribution in [0, 0.1) is 5.41 Å². The lowest BCUT2D eigenvalue weighted by Crippen LogP contribution is -2.32. The molecule has 0 unspecified atom stereocenters. The lowest BCUT2D eigenvalue weighted by molar-refractivity contribution is -0.151. The number of ketones is 2. The highest BCUT2D eigenvalue weighted by Crippen LogP contribution is 2.37. The molecule has 0 aromatic heterocycles. The molecule has 0 aliphatic rings. The van der Waals surface area contributed by atoms with Crippen LogP contribution < -0.4 is 0 Å². The third kappa shape index (κ3) is 8.41. The zero-order valence-corrected chi connectivity index (χ0v) is 14.0. The smallest absolute Gasteiger partial charge is 0.309 e. The van der Waals surface area contributed by atoms with E-state index >= 15 is 0 Å². The van der Waals surface area contributed by atoms with E-state index in [-0.39, 0.29) is 56.5 Å². The molecule has 24 heavy (non-hydrogen) atoms. The maximum Gasteiger partial charge on any atom is 0.309 e. The van der Waals surface area contributed by atoms with Crippen molar-refractivity contribution in [1.82, 2.24) is 0 Å². The van der Waals surface area contributed by atoms with Crippen LogP contribution in [-0.4, -0.2) is 33.7 Å². The van der Waals surface area contributed by atoms with Crippen molar-refractivity contribution in [2.75, 3.05) is 0 Å². The first-order valence-electron chi connectivity index (χ1n) is 8.03. The molecule has 0 aromatic carbocycles. The van der Waals surface area contributed by atoms with Crippen molar-refractivity contribution in [3.8, 4) is 0 Å². The predicted octanol–water partition coefficient (Wildman–Crippen LogP) is 3.16. The maximum absolute atomic E-state index is 11.8. The second kappa shape index (κ2) is 11.3. The van der Waals surface area contributed by atoms with Crippen molar-refractivity contribution in [3.05, 3.63) is 25.3 Å². The Bertz CT molecular complexity index is 466. The topological polar surface area (TPSA) is 109 Å². The Kier molecular flexibility index (Phi) is 10.3. The summed E-state index contributed by atoms with van der Waals surface area (Å²) in [6, 6.07) is 0. The Labute approximate surface area is 142 Å². The fourth-order valence-electron chi connectivity index (χ4n) is 2.68. The number of carbonyl (C=O) groups is 4. The van der Waals surface area contributed by atoms with Gasteiger partial charge in [0.1, 0.15) is 0 Å². The van der Waals surface area contributed by atoms with Crippen molar-refractivity contribution in [2.45, 2.75) is 57.8 Å². The van der Waals surface area contributed by atoms with E-state index in [9.17, 15) is 24.3 Å². The summed E-state index contributed by atoms with van der Waals surface area (Å²) in [4.78, 5) is 45.1. The summed E-state index contributed by atoms with van der Waals surface area (Å²) in [5, 5.41) is 18.4. The highest BCUT2D eigenvalue weighted by Gasteiger charge is 2.37. The Morgan fingerprint density at radius 1 is 0.750 bits per heavy atom. The molecule has 0 atom stereocenters. The van der Waals surface area contributed by atoms with Gasteiger partial charge in [-0.05, 0) is 50.7 Å². The fourth-order valence-corrected chi connectivity index (χ4v) is 2.68. The number of carbonyl (C=O) groups excluding carboxylic acids is 2. The average Bonchev–Trinajstić information content (AvgIpc) is 2.53. The van der Waals surface area contributed by atoms with Gasteiger partial charge in [0.2, 0.25) is 0 Å². The van der Waals surface area contributed by atoms with Gasteiger partial charge < -0.3 is 10.2 Å². The SMILES string of the molecule is C=CC(=O)CCCC(CCCC(=O)O)(CCCC(=O)C=C)C(=O)O. The monoisotopic (exact) mass is 338 g/mol. The number of hydrogen-bond acceptors (Lipinski definition) is 4. The van der Waals surface area contributed by atoms with Gasteiger partial charge in [-0.3, -0.25) is 19.2 Å². The summed E-state index contributed by atoms with van der Waals surface area (Å²) in [7, 11) is 0. The Morgan fingerprint density at radius 2 is 1.12 bits per heavy atom. The third-order valence-corrected chi connectivity index (χ3v) is 4.11. The average molecular weight is 338 g/mol. The Morgan fingerprint density at radius 3 is 1.42 bits per heavy atom. The molecule has 0 aromatic rings. The summed E-state index contributed by atoms with van der Waals surface area (Å²) >= 11 is 0. The van der Waals surface area contributed by atoms with E-state index in [1.165, 1.54) is 12.2 Å². The molecular weight excluding hydrogens is 312 g/mol. The molecule has 6 nitrogen and oxygen atoms in total. The van der Waals surface area contributed by atoms with Gasteiger partial charge in [-0.25, -0.2) is 0 Å². The van der Waals surface area contributed by atoms with Gasteiger partial charge in [-0.2, -0.15) is 0 Å². The lowest BCUT2D eigenvalue weighted by atomic mass is 9.74. The Hall–Kier alpha value is -2.24. The molecule has 0 radical (unpaired) electrons. The van der Waals surface area contributed by atoms with Gasteiger partial charge in [0, 0.05) is 19.3 Å². The largest absolute Gasteiger partial charge is 0.481 e. The molecule has 0 saturated carbocycles. The zero-order chi connectivity index (χ0) is 18.6. The molecule has 0 amide bonds.